The number of rotatable bonds is 2. The SMILES string of the molecule is Cn1c(-c2cccc(Cl)c2)cc(-c2ccc3[nH]ncc3c2)nc1=O. The van der Waals surface area contributed by atoms with E-state index in [9.17, 15) is 4.79 Å². The number of nitrogens with one attached hydrogen (secondary N) is 1. The monoisotopic (exact) mass is 336 g/mol. The van der Waals surface area contributed by atoms with Gasteiger partial charge in [0.05, 0.1) is 23.1 Å². The average Bonchev–Trinajstić information content (AvgIpc) is 3.04. The summed E-state index contributed by atoms with van der Waals surface area (Å²) in [7, 11) is 1.70. The van der Waals surface area contributed by atoms with Gasteiger partial charge in [-0.1, -0.05) is 29.8 Å². The van der Waals surface area contributed by atoms with Crippen molar-refractivity contribution in [2.45, 2.75) is 0 Å². The molecular weight excluding hydrogens is 324 g/mol. The summed E-state index contributed by atoms with van der Waals surface area (Å²) in [5.41, 5.74) is 3.75. The van der Waals surface area contributed by atoms with Crippen molar-refractivity contribution in [1.82, 2.24) is 19.7 Å². The number of nitrogens with zero attached hydrogens (tertiary/aromatic N) is 3. The molecule has 4 aromatic rings. The zero-order valence-electron chi connectivity index (χ0n) is 12.8. The van der Waals surface area contributed by atoms with E-state index in [1.165, 1.54) is 4.57 Å². The van der Waals surface area contributed by atoms with Gasteiger partial charge in [-0.15, -0.1) is 0 Å². The molecule has 0 amide bonds. The summed E-state index contributed by atoms with van der Waals surface area (Å²) in [4.78, 5) is 16.5. The summed E-state index contributed by atoms with van der Waals surface area (Å²) in [6, 6.07) is 15.1. The second-order valence-corrected chi connectivity index (χ2v) is 5.99. The number of hydrogen-bond acceptors (Lipinski definition) is 3. The van der Waals surface area contributed by atoms with Crippen LogP contribution in [0.1, 0.15) is 0 Å². The summed E-state index contributed by atoms with van der Waals surface area (Å²) >= 11 is 6.08. The van der Waals surface area contributed by atoms with Crippen molar-refractivity contribution in [3.8, 4) is 22.5 Å². The minimum atomic E-state index is -0.310. The van der Waals surface area contributed by atoms with Crippen LogP contribution in [0.5, 0.6) is 0 Å². The third-order valence-electron chi connectivity index (χ3n) is 3.99. The maximum absolute atomic E-state index is 12.3. The summed E-state index contributed by atoms with van der Waals surface area (Å²) in [6.45, 7) is 0. The maximum Gasteiger partial charge on any atom is 0.348 e. The van der Waals surface area contributed by atoms with Crippen LogP contribution >= 0.6 is 11.6 Å². The van der Waals surface area contributed by atoms with Crippen molar-refractivity contribution in [3.05, 3.63) is 70.2 Å². The Labute approximate surface area is 142 Å². The van der Waals surface area contributed by atoms with E-state index in [-0.39, 0.29) is 5.69 Å². The number of benzene rings is 2. The van der Waals surface area contributed by atoms with Gasteiger partial charge in [0.15, 0.2) is 0 Å². The zero-order valence-corrected chi connectivity index (χ0v) is 13.6. The predicted molar refractivity (Wildman–Crippen MR) is 95.0 cm³/mol. The van der Waals surface area contributed by atoms with E-state index in [2.05, 4.69) is 15.2 Å². The van der Waals surface area contributed by atoms with Crippen LogP contribution in [-0.2, 0) is 7.05 Å². The lowest BCUT2D eigenvalue weighted by Gasteiger charge is -2.10. The highest BCUT2D eigenvalue weighted by atomic mass is 35.5. The zero-order chi connectivity index (χ0) is 16.7. The minimum Gasteiger partial charge on any atom is -0.295 e. The molecule has 0 fully saturated rings. The van der Waals surface area contributed by atoms with Crippen molar-refractivity contribution in [2.75, 3.05) is 0 Å². The van der Waals surface area contributed by atoms with Gasteiger partial charge in [0, 0.05) is 23.0 Å². The quantitative estimate of drug-likeness (QED) is 0.607. The normalized spacial score (nSPS) is 11.1. The Hall–Kier alpha value is -2.92. The minimum absolute atomic E-state index is 0.310. The fourth-order valence-electron chi connectivity index (χ4n) is 2.71. The van der Waals surface area contributed by atoms with E-state index in [4.69, 9.17) is 11.6 Å². The molecule has 6 heteroatoms. The Kier molecular flexibility index (Phi) is 3.43. The van der Waals surface area contributed by atoms with Gasteiger partial charge in [0.1, 0.15) is 0 Å². The molecule has 24 heavy (non-hydrogen) atoms. The van der Waals surface area contributed by atoms with Crippen molar-refractivity contribution in [2.24, 2.45) is 7.05 Å². The number of halogens is 1. The van der Waals surface area contributed by atoms with Gasteiger partial charge < -0.3 is 0 Å². The molecule has 0 spiro atoms. The van der Waals surface area contributed by atoms with E-state index >= 15 is 0 Å². The van der Waals surface area contributed by atoms with Gasteiger partial charge in [0.2, 0.25) is 0 Å². The molecule has 0 unspecified atom stereocenters. The Morgan fingerprint density at radius 1 is 1.08 bits per heavy atom. The number of aromatic amines is 1. The molecule has 0 aliphatic heterocycles. The Bertz CT molecular complexity index is 1110. The Morgan fingerprint density at radius 3 is 2.79 bits per heavy atom. The second kappa shape index (κ2) is 5.62. The molecule has 118 valence electrons. The topological polar surface area (TPSA) is 63.6 Å². The standard InChI is InChI=1S/C18H13ClN4O/c1-23-17(12-3-2-4-14(19)8-12)9-16(21-18(23)24)11-5-6-15-13(7-11)10-20-22-15/h2-10H,1H3,(H,20,22). The van der Waals surface area contributed by atoms with Gasteiger partial charge in [0.25, 0.3) is 0 Å². The van der Waals surface area contributed by atoms with Crippen molar-refractivity contribution >= 4 is 22.5 Å². The molecular formula is C18H13ClN4O. The molecule has 2 aromatic carbocycles. The first-order chi connectivity index (χ1) is 11.6. The number of aromatic nitrogens is 4. The van der Waals surface area contributed by atoms with Gasteiger partial charge in [-0.2, -0.15) is 10.1 Å². The van der Waals surface area contributed by atoms with Crippen LogP contribution in [0.25, 0.3) is 33.4 Å². The highest BCUT2D eigenvalue weighted by molar-refractivity contribution is 6.30. The van der Waals surface area contributed by atoms with E-state index < -0.39 is 0 Å². The summed E-state index contributed by atoms with van der Waals surface area (Å²) in [5.74, 6) is 0. The lowest BCUT2D eigenvalue weighted by molar-refractivity contribution is 0.822. The van der Waals surface area contributed by atoms with E-state index in [1.807, 2.05) is 42.5 Å². The molecule has 0 saturated heterocycles. The molecule has 0 atom stereocenters. The van der Waals surface area contributed by atoms with Gasteiger partial charge in [-0.05, 0) is 35.9 Å². The summed E-state index contributed by atoms with van der Waals surface area (Å²) in [6.07, 6.45) is 1.75. The van der Waals surface area contributed by atoms with Crippen LogP contribution in [-0.4, -0.2) is 19.7 Å². The number of hydrogen-bond donors (Lipinski definition) is 1. The first-order valence-electron chi connectivity index (χ1n) is 7.39. The van der Waals surface area contributed by atoms with Gasteiger partial charge in [-0.25, -0.2) is 4.79 Å². The molecule has 0 saturated carbocycles. The largest absolute Gasteiger partial charge is 0.348 e. The van der Waals surface area contributed by atoms with Gasteiger partial charge in [-0.3, -0.25) is 9.67 Å². The number of H-pyrrole nitrogens is 1. The summed E-state index contributed by atoms with van der Waals surface area (Å²) < 4.78 is 1.52. The van der Waals surface area contributed by atoms with E-state index in [0.717, 1.165) is 27.7 Å². The molecule has 0 aliphatic carbocycles. The first-order valence-corrected chi connectivity index (χ1v) is 7.77. The highest BCUT2D eigenvalue weighted by Crippen LogP contribution is 2.26. The second-order valence-electron chi connectivity index (χ2n) is 5.55. The fourth-order valence-corrected chi connectivity index (χ4v) is 2.90. The smallest absolute Gasteiger partial charge is 0.295 e. The molecule has 0 bridgehead atoms. The van der Waals surface area contributed by atoms with Crippen LogP contribution in [0.3, 0.4) is 0 Å². The molecule has 2 aromatic heterocycles. The third kappa shape index (κ3) is 2.49. The molecule has 0 aliphatic rings. The lowest BCUT2D eigenvalue weighted by Crippen LogP contribution is -2.22. The molecule has 4 rings (SSSR count). The average molecular weight is 337 g/mol. The summed E-state index contributed by atoms with van der Waals surface area (Å²) in [5, 5.41) is 8.52. The molecule has 5 nitrogen and oxygen atoms in total. The fraction of sp³-hybridized carbons (Fsp3) is 0.0556. The Morgan fingerprint density at radius 2 is 1.96 bits per heavy atom. The third-order valence-corrected chi connectivity index (χ3v) is 4.23. The molecule has 1 N–H and O–H groups in total. The first kappa shape index (κ1) is 14.7. The van der Waals surface area contributed by atoms with Crippen molar-refractivity contribution in [3.63, 3.8) is 0 Å². The van der Waals surface area contributed by atoms with Crippen LogP contribution in [0.2, 0.25) is 5.02 Å². The number of fused-ring (bicyclic) bond motifs is 1. The lowest BCUT2D eigenvalue weighted by atomic mass is 10.1. The van der Waals surface area contributed by atoms with Crippen LogP contribution in [0.4, 0.5) is 0 Å². The van der Waals surface area contributed by atoms with E-state index in [0.29, 0.717) is 10.7 Å². The Balaban J connectivity index is 1.92. The molecule has 2 heterocycles. The maximum atomic E-state index is 12.3. The van der Waals surface area contributed by atoms with E-state index in [1.54, 1.807) is 19.3 Å². The van der Waals surface area contributed by atoms with Crippen molar-refractivity contribution < 1.29 is 0 Å². The van der Waals surface area contributed by atoms with Crippen LogP contribution < -0.4 is 5.69 Å². The predicted octanol–water partition coefficient (Wildman–Crippen LogP) is 3.64. The van der Waals surface area contributed by atoms with Crippen LogP contribution in [0, 0.1) is 0 Å². The van der Waals surface area contributed by atoms with Crippen molar-refractivity contribution in [1.29, 1.82) is 0 Å². The highest BCUT2D eigenvalue weighted by Gasteiger charge is 2.10. The van der Waals surface area contributed by atoms with Gasteiger partial charge >= 0.3 is 5.69 Å². The molecule has 0 radical (unpaired) electrons. The van der Waals surface area contributed by atoms with Crippen LogP contribution in [0.15, 0.2) is 59.5 Å².